The van der Waals surface area contributed by atoms with Gasteiger partial charge in [0.15, 0.2) is 0 Å². The Morgan fingerprint density at radius 2 is 2.20 bits per heavy atom. The Bertz CT molecular complexity index is 410. The van der Waals surface area contributed by atoms with E-state index in [4.69, 9.17) is 10.5 Å². The van der Waals surface area contributed by atoms with Gasteiger partial charge >= 0.3 is 0 Å². The van der Waals surface area contributed by atoms with Gasteiger partial charge in [-0.15, -0.1) is 11.8 Å². The van der Waals surface area contributed by atoms with E-state index < -0.39 is 0 Å². The minimum absolute atomic E-state index is 0.664. The minimum atomic E-state index is 0.664. The summed E-state index contributed by atoms with van der Waals surface area (Å²) in [7, 11) is 1.73. The van der Waals surface area contributed by atoms with Crippen LogP contribution in [0, 0.1) is 11.8 Å². The van der Waals surface area contributed by atoms with Gasteiger partial charge in [0.1, 0.15) is 5.75 Å². The van der Waals surface area contributed by atoms with E-state index in [2.05, 4.69) is 25.1 Å². The first-order valence-corrected chi connectivity index (χ1v) is 8.65. The van der Waals surface area contributed by atoms with Crippen LogP contribution < -0.4 is 10.5 Å². The molecular formula is C17H27NOS. The molecule has 0 bridgehead atoms. The Labute approximate surface area is 127 Å². The molecule has 2 N–H and O–H groups in total. The summed E-state index contributed by atoms with van der Waals surface area (Å²) < 4.78 is 5.32. The number of hydrogen-bond acceptors (Lipinski definition) is 3. The average Bonchev–Trinajstić information content (AvgIpc) is 2.48. The molecule has 3 atom stereocenters. The Kier molecular flexibility index (Phi) is 6.24. The highest BCUT2D eigenvalue weighted by Crippen LogP contribution is 2.41. The molecule has 0 heterocycles. The highest BCUT2D eigenvalue weighted by atomic mass is 32.2. The summed E-state index contributed by atoms with van der Waals surface area (Å²) in [5.74, 6) is 2.51. The maximum atomic E-state index is 5.98. The van der Waals surface area contributed by atoms with Crippen molar-refractivity contribution in [3.63, 3.8) is 0 Å². The van der Waals surface area contributed by atoms with Crippen LogP contribution in [0.2, 0.25) is 0 Å². The number of rotatable bonds is 6. The monoisotopic (exact) mass is 293 g/mol. The van der Waals surface area contributed by atoms with E-state index in [1.54, 1.807) is 7.11 Å². The third kappa shape index (κ3) is 4.16. The van der Waals surface area contributed by atoms with E-state index in [9.17, 15) is 0 Å². The number of benzene rings is 1. The van der Waals surface area contributed by atoms with Gasteiger partial charge < -0.3 is 10.5 Å². The van der Waals surface area contributed by atoms with Gasteiger partial charge in [-0.05, 0) is 49.4 Å². The predicted octanol–water partition coefficient (Wildman–Crippen LogP) is 4.33. The van der Waals surface area contributed by atoms with Crippen LogP contribution in [0.1, 0.15) is 39.0 Å². The molecule has 112 valence electrons. The first-order valence-electron chi connectivity index (χ1n) is 7.77. The molecule has 0 radical (unpaired) electrons. The van der Waals surface area contributed by atoms with Gasteiger partial charge in [0, 0.05) is 10.1 Å². The normalized spacial score (nSPS) is 26.4. The van der Waals surface area contributed by atoms with E-state index >= 15 is 0 Å². The van der Waals surface area contributed by atoms with Crippen molar-refractivity contribution in [2.24, 2.45) is 17.6 Å². The molecule has 2 nitrogen and oxygen atoms in total. The lowest BCUT2D eigenvalue weighted by molar-refractivity contribution is 0.276. The minimum Gasteiger partial charge on any atom is -0.497 e. The Morgan fingerprint density at radius 1 is 1.35 bits per heavy atom. The molecule has 1 aromatic rings. The molecule has 0 aliphatic heterocycles. The molecular weight excluding hydrogens is 266 g/mol. The summed E-state index contributed by atoms with van der Waals surface area (Å²) in [6, 6.07) is 8.40. The van der Waals surface area contributed by atoms with Gasteiger partial charge in [0.25, 0.3) is 0 Å². The highest BCUT2D eigenvalue weighted by Gasteiger charge is 2.29. The van der Waals surface area contributed by atoms with Gasteiger partial charge in [-0.3, -0.25) is 0 Å². The van der Waals surface area contributed by atoms with Crippen LogP contribution in [0.4, 0.5) is 0 Å². The van der Waals surface area contributed by atoms with E-state index in [1.807, 2.05) is 17.8 Å². The van der Waals surface area contributed by atoms with Crippen molar-refractivity contribution in [2.45, 2.75) is 49.2 Å². The molecule has 3 unspecified atom stereocenters. The summed E-state index contributed by atoms with van der Waals surface area (Å²) in [5.41, 5.74) is 5.98. The highest BCUT2D eigenvalue weighted by molar-refractivity contribution is 8.00. The second-order valence-corrected chi connectivity index (χ2v) is 7.11. The van der Waals surface area contributed by atoms with Crippen molar-refractivity contribution in [3.8, 4) is 5.75 Å². The maximum Gasteiger partial charge on any atom is 0.119 e. The fourth-order valence-electron chi connectivity index (χ4n) is 3.21. The third-order valence-corrected chi connectivity index (χ3v) is 5.77. The van der Waals surface area contributed by atoms with Gasteiger partial charge in [0.2, 0.25) is 0 Å². The van der Waals surface area contributed by atoms with Crippen LogP contribution in [-0.2, 0) is 0 Å². The van der Waals surface area contributed by atoms with Crippen molar-refractivity contribution in [3.05, 3.63) is 24.3 Å². The van der Waals surface area contributed by atoms with Crippen molar-refractivity contribution in [2.75, 3.05) is 13.7 Å². The molecule has 1 fully saturated rings. The fraction of sp³-hybridized carbons (Fsp3) is 0.647. The number of ether oxygens (including phenoxy) is 1. The summed E-state index contributed by atoms with van der Waals surface area (Å²) in [6.45, 7) is 3.11. The topological polar surface area (TPSA) is 35.2 Å². The first-order chi connectivity index (χ1) is 9.76. The SMILES string of the molecule is CCCC1CCC(CN)C(Sc2cccc(OC)c2)C1. The van der Waals surface area contributed by atoms with E-state index in [0.717, 1.165) is 18.2 Å². The van der Waals surface area contributed by atoms with Crippen molar-refractivity contribution < 1.29 is 4.74 Å². The molecule has 2 rings (SSSR count). The number of methoxy groups -OCH3 is 1. The fourth-order valence-corrected chi connectivity index (χ4v) is 4.71. The van der Waals surface area contributed by atoms with E-state index in [0.29, 0.717) is 11.2 Å². The van der Waals surface area contributed by atoms with Crippen LogP contribution in [-0.4, -0.2) is 18.9 Å². The van der Waals surface area contributed by atoms with Crippen LogP contribution >= 0.6 is 11.8 Å². The molecule has 0 spiro atoms. The summed E-state index contributed by atoms with van der Waals surface area (Å²) in [5, 5.41) is 0.664. The number of hydrogen-bond donors (Lipinski definition) is 1. The van der Waals surface area contributed by atoms with Crippen molar-refractivity contribution >= 4 is 11.8 Å². The molecule has 1 saturated carbocycles. The number of thioether (sulfide) groups is 1. The zero-order valence-corrected chi connectivity index (χ0v) is 13.5. The van der Waals surface area contributed by atoms with Crippen LogP contribution in [0.25, 0.3) is 0 Å². The average molecular weight is 293 g/mol. The van der Waals surface area contributed by atoms with Crippen molar-refractivity contribution in [1.82, 2.24) is 0 Å². The Morgan fingerprint density at radius 3 is 2.90 bits per heavy atom. The molecule has 20 heavy (non-hydrogen) atoms. The lowest BCUT2D eigenvalue weighted by Gasteiger charge is -2.35. The maximum absolute atomic E-state index is 5.98. The molecule has 0 amide bonds. The smallest absolute Gasteiger partial charge is 0.119 e. The standard InChI is InChI=1S/C17H27NOS/c1-3-5-13-8-9-14(12-18)17(10-13)20-16-7-4-6-15(11-16)19-2/h4,6-7,11,13-14,17H,3,5,8-10,12,18H2,1-2H3. The number of nitrogens with two attached hydrogens (primary N) is 1. The Hall–Kier alpha value is -0.670. The zero-order chi connectivity index (χ0) is 14.4. The second-order valence-electron chi connectivity index (χ2n) is 5.80. The van der Waals surface area contributed by atoms with E-state index in [1.165, 1.54) is 37.0 Å². The molecule has 0 aromatic heterocycles. The lowest BCUT2D eigenvalue weighted by atomic mass is 9.80. The first kappa shape index (κ1) is 15.7. The summed E-state index contributed by atoms with van der Waals surface area (Å²) >= 11 is 2.00. The largest absolute Gasteiger partial charge is 0.497 e. The lowest BCUT2D eigenvalue weighted by Crippen LogP contribution is -2.32. The third-order valence-electron chi connectivity index (χ3n) is 4.37. The van der Waals surface area contributed by atoms with Crippen molar-refractivity contribution in [1.29, 1.82) is 0 Å². The van der Waals surface area contributed by atoms with Gasteiger partial charge in [-0.25, -0.2) is 0 Å². The van der Waals surface area contributed by atoms with Gasteiger partial charge in [-0.1, -0.05) is 32.3 Å². The molecule has 1 aliphatic carbocycles. The summed E-state index contributed by atoms with van der Waals surface area (Å²) in [6.07, 6.45) is 6.65. The Balaban J connectivity index is 2.02. The molecule has 1 aliphatic rings. The van der Waals surface area contributed by atoms with E-state index in [-0.39, 0.29) is 0 Å². The predicted molar refractivity (Wildman–Crippen MR) is 87.4 cm³/mol. The van der Waals surface area contributed by atoms with Crippen LogP contribution in [0.3, 0.4) is 0 Å². The molecule has 0 saturated heterocycles. The second kappa shape index (κ2) is 7.94. The van der Waals surface area contributed by atoms with Gasteiger partial charge in [-0.2, -0.15) is 0 Å². The summed E-state index contributed by atoms with van der Waals surface area (Å²) in [4.78, 5) is 1.31. The molecule has 1 aromatic carbocycles. The van der Waals surface area contributed by atoms with Gasteiger partial charge in [0.05, 0.1) is 7.11 Å². The zero-order valence-electron chi connectivity index (χ0n) is 12.7. The van der Waals surface area contributed by atoms with Crippen LogP contribution in [0.15, 0.2) is 29.2 Å². The quantitative estimate of drug-likeness (QED) is 0.848. The van der Waals surface area contributed by atoms with Crippen LogP contribution in [0.5, 0.6) is 5.75 Å². The molecule has 3 heteroatoms.